The highest BCUT2D eigenvalue weighted by Crippen LogP contribution is 2.26. The Morgan fingerprint density at radius 3 is 2.90 bits per heavy atom. The lowest BCUT2D eigenvalue weighted by Gasteiger charge is -2.20. The summed E-state index contributed by atoms with van der Waals surface area (Å²) in [6.45, 7) is 3.22. The first-order valence-electron chi connectivity index (χ1n) is 8.13. The van der Waals surface area contributed by atoms with Crippen LogP contribution in [0.15, 0.2) is 42.7 Å². The Morgan fingerprint density at radius 1 is 1.14 bits per heavy atom. The molecule has 0 aliphatic heterocycles. The van der Waals surface area contributed by atoms with E-state index < -0.39 is 0 Å². The number of hydrogen-bond donors (Lipinski definition) is 1. The second-order valence-electron chi connectivity index (χ2n) is 6.32. The predicted molar refractivity (Wildman–Crippen MR) is 87.4 cm³/mol. The molecular weight excluding hydrogens is 258 g/mol. The summed E-state index contributed by atoms with van der Waals surface area (Å²) in [4.78, 5) is 0. The molecular formula is C18H25N3. The van der Waals surface area contributed by atoms with Crippen LogP contribution in [0.3, 0.4) is 0 Å². The van der Waals surface area contributed by atoms with E-state index in [1.807, 2.05) is 23.1 Å². The highest BCUT2D eigenvalue weighted by atomic mass is 15.3. The van der Waals surface area contributed by atoms with E-state index in [0.29, 0.717) is 6.04 Å². The highest BCUT2D eigenvalue weighted by molar-refractivity contribution is 5.51. The number of para-hydroxylation sites is 1. The maximum absolute atomic E-state index is 4.31. The van der Waals surface area contributed by atoms with E-state index in [0.717, 1.165) is 12.5 Å². The molecule has 2 aromatic rings. The topological polar surface area (TPSA) is 29.9 Å². The van der Waals surface area contributed by atoms with E-state index in [-0.39, 0.29) is 0 Å². The molecule has 0 bridgehead atoms. The van der Waals surface area contributed by atoms with Crippen LogP contribution in [0.1, 0.15) is 44.6 Å². The Hall–Kier alpha value is -1.77. The van der Waals surface area contributed by atoms with Crippen LogP contribution in [0.5, 0.6) is 0 Å². The number of nitrogens with one attached hydrogen (secondary N) is 1. The fourth-order valence-corrected chi connectivity index (χ4v) is 3.22. The smallest absolute Gasteiger partial charge is 0.0679 e. The molecule has 112 valence electrons. The lowest BCUT2D eigenvalue weighted by Crippen LogP contribution is -2.19. The Balaban J connectivity index is 1.70. The zero-order chi connectivity index (χ0) is 14.5. The van der Waals surface area contributed by atoms with Gasteiger partial charge in [0.15, 0.2) is 0 Å². The second-order valence-corrected chi connectivity index (χ2v) is 6.32. The standard InChI is InChI=1S/C18H25N3/c1-15-6-4-8-17(11-10-15)20-18-9-3-2-7-16(18)14-21-13-5-12-19-21/h2-3,5,7,9,12-13,15,17,20H,4,6,8,10-11,14H2,1H3. The molecule has 1 fully saturated rings. The van der Waals surface area contributed by atoms with E-state index in [9.17, 15) is 0 Å². The van der Waals surface area contributed by atoms with Crippen LogP contribution in [0.4, 0.5) is 5.69 Å². The van der Waals surface area contributed by atoms with Crippen molar-refractivity contribution in [1.82, 2.24) is 9.78 Å². The van der Waals surface area contributed by atoms with Crippen molar-refractivity contribution < 1.29 is 0 Å². The summed E-state index contributed by atoms with van der Waals surface area (Å²) in [5.74, 6) is 0.885. The molecule has 1 aromatic carbocycles. The van der Waals surface area contributed by atoms with Gasteiger partial charge in [-0.1, -0.05) is 38.0 Å². The van der Waals surface area contributed by atoms with Gasteiger partial charge >= 0.3 is 0 Å². The van der Waals surface area contributed by atoms with Crippen molar-refractivity contribution in [1.29, 1.82) is 0 Å². The molecule has 2 atom stereocenters. The number of benzene rings is 1. The van der Waals surface area contributed by atoms with Crippen LogP contribution in [0.25, 0.3) is 0 Å². The number of aromatic nitrogens is 2. The van der Waals surface area contributed by atoms with E-state index >= 15 is 0 Å². The SMILES string of the molecule is CC1CCCC(Nc2ccccc2Cn2cccn2)CC1. The Morgan fingerprint density at radius 2 is 2.05 bits per heavy atom. The zero-order valence-electron chi connectivity index (χ0n) is 12.8. The predicted octanol–water partition coefficient (Wildman–Crippen LogP) is 4.31. The minimum absolute atomic E-state index is 0.619. The molecule has 1 aliphatic carbocycles. The van der Waals surface area contributed by atoms with Gasteiger partial charge in [-0.3, -0.25) is 4.68 Å². The van der Waals surface area contributed by atoms with E-state index in [2.05, 4.69) is 41.6 Å². The number of hydrogen-bond acceptors (Lipinski definition) is 2. The van der Waals surface area contributed by atoms with Crippen LogP contribution in [-0.4, -0.2) is 15.8 Å². The summed E-state index contributed by atoms with van der Waals surface area (Å²) in [6, 6.07) is 11.2. The quantitative estimate of drug-likeness (QED) is 0.847. The summed E-state index contributed by atoms with van der Waals surface area (Å²) in [6.07, 6.45) is 10.5. The maximum Gasteiger partial charge on any atom is 0.0679 e. The van der Waals surface area contributed by atoms with Crippen molar-refractivity contribution in [3.05, 3.63) is 48.3 Å². The van der Waals surface area contributed by atoms with E-state index in [1.165, 1.54) is 43.4 Å². The molecule has 0 saturated heterocycles. The Kier molecular flexibility index (Phi) is 4.59. The Bertz CT molecular complexity index is 547. The first-order valence-corrected chi connectivity index (χ1v) is 8.13. The molecule has 1 N–H and O–H groups in total. The van der Waals surface area contributed by atoms with Gasteiger partial charge in [0.05, 0.1) is 6.54 Å². The molecule has 1 heterocycles. The van der Waals surface area contributed by atoms with Crippen molar-refractivity contribution in [3.8, 4) is 0 Å². The van der Waals surface area contributed by atoms with Gasteiger partial charge in [0.25, 0.3) is 0 Å². The monoisotopic (exact) mass is 283 g/mol. The molecule has 0 amide bonds. The molecule has 3 rings (SSSR count). The third-order valence-corrected chi connectivity index (χ3v) is 4.53. The number of nitrogens with zero attached hydrogens (tertiary/aromatic N) is 2. The number of anilines is 1. The van der Waals surface area contributed by atoms with Crippen LogP contribution in [0, 0.1) is 5.92 Å². The Labute approximate surface area is 127 Å². The summed E-state index contributed by atoms with van der Waals surface area (Å²) in [5, 5.41) is 8.09. The van der Waals surface area contributed by atoms with Crippen molar-refractivity contribution in [3.63, 3.8) is 0 Å². The van der Waals surface area contributed by atoms with E-state index in [1.54, 1.807) is 0 Å². The van der Waals surface area contributed by atoms with Crippen LogP contribution < -0.4 is 5.32 Å². The van der Waals surface area contributed by atoms with Crippen molar-refractivity contribution in [2.45, 2.75) is 51.6 Å². The average molecular weight is 283 g/mol. The largest absolute Gasteiger partial charge is 0.382 e. The van der Waals surface area contributed by atoms with Gasteiger partial charge in [0, 0.05) is 24.1 Å². The lowest BCUT2D eigenvalue weighted by atomic mass is 10.0. The van der Waals surface area contributed by atoms with Crippen LogP contribution in [0.2, 0.25) is 0 Å². The fraction of sp³-hybridized carbons (Fsp3) is 0.500. The zero-order valence-corrected chi connectivity index (χ0v) is 12.8. The van der Waals surface area contributed by atoms with Gasteiger partial charge in [-0.25, -0.2) is 0 Å². The van der Waals surface area contributed by atoms with E-state index in [4.69, 9.17) is 0 Å². The van der Waals surface area contributed by atoms with Crippen molar-refractivity contribution in [2.75, 3.05) is 5.32 Å². The van der Waals surface area contributed by atoms with Gasteiger partial charge in [-0.05, 0) is 42.9 Å². The van der Waals surface area contributed by atoms with Gasteiger partial charge in [0.2, 0.25) is 0 Å². The molecule has 1 saturated carbocycles. The average Bonchev–Trinajstić information content (AvgIpc) is 2.91. The van der Waals surface area contributed by atoms with Crippen LogP contribution in [-0.2, 0) is 6.54 Å². The summed E-state index contributed by atoms with van der Waals surface area (Å²) in [7, 11) is 0. The minimum atomic E-state index is 0.619. The fourth-order valence-electron chi connectivity index (χ4n) is 3.22. The number of rotatable bonds is 4. The first kappa shape index (κ1) is 14.2. The third-order valence-electron chi connectivity index (χ3n) is 4.53. The lowest BCUT2D eigenvalue weighted by molar-refractivity contribution is 0.502. The van der Waals surface area contributed by atoms with Crippen molar-refractivity contribution in [2.24, 2.45) is 5.92 Å². The maximum atomic E-state index is 4.31. The molecule has 1 aliphatic rings. The summed E-state index contributed by atoms with van der Waals surface area (Å²) >= 11 is 0. The van der Waals surface area contributed by atoms with Crippen molar-refractivity contribution >= 4 is 5.69 Å². The van der Waals surface area contributed by atoms with Gasteiger partial charge in [0.1, 0.15) is 0 Å². The normalized spacial score (nSPS) is 22.7. The molecule has 0 radical (unpaired) electrons. The third kappa shape index (κ3) is 3.87. The molecule has 2 unspecified atom stereocenters. The first-order chi connectivity index (χ1) is 10.3. The molecule has 1 aromatic heterocycles. The summed E-state index contributed by atoms with van der Waals surface area (Å²) in [5.41, 5.74) is 2.59. The molecule has 3 heteroatoms. The molecule has 3 nitrogen and oxygen atoms in total. The summed E-state index contributed by atoms with van der Waals surface area (Å²) < 4.78 is 1.98. The molecule has 21 heavy (non-hydrogen) atoms. The van der Waals surface area contributed by atoms with Gasteiger partial charge < -0.3 is 5.32 Å². The minimum Gasteiger partial charge on any atom is -0.382 e. The molecule has 0 spiro atoms. The van der Waals surface area contributed by atoms with Gasteiger partial charge in [-0.15, -0.1) is 0 Å². The highest BCUT2D eigenvalue weighted by Gasteiger charge is 2.16. The van der Waals surface area contributed by atoms with Crippen LogP contribution >= 0.6 is 0 Å². The second kappa shape index (κ2) is 6.79. The van der Waals surface area contributed by atoms with Gasteiger partial charge in [-0.2, -0.15) is 5.10 Å².